The summed E-state index contributed by atoms with van der Waals surface area (Å²) in [6.45, 7) is 1.07. The third-order valence-electron chi connectivity index (χ3n) is 4.43. The molecule has 0 unspecified atom stereocenters. The highest BCUT2D eigenvalue weighted by Crippen LogP contribution is 2.40. The molecule has 1 aromatic rings. The van der Waals surface area contributed by atoms with Crippen molar-refractivity contribution in [3.05, 3.63) is 30.3 Å². The molecule has 1 atom stereocenters. The van der Waals surface area contributed by atoms with E-state index >= 15 is 0 Å². The fourth-order valence-electron chi connectivity index (χ4n) is 3.38. The van der Waals surface area contributed by atoms with Gasteiger partial charge in [0.25, 0.3) is 0 Å². The molecule has 1 saturated heterocycles. The topological polar surface area (TPSA) is 47.6 Å². The minimum atomic E-state index is 0.0505. The molecule has 1 aromatic carbocycles. The molecule has 0 bridgehead atoms. The van der Waals surface area contributed by atoms with Crippen molar-refractivity contribution in [3.8, 4) is 5.75 Å². The van der Waals surface area contributed by atoms with Gasteiger partial charge in [0.1, 0.15) is 5.75 Å². The molecule has 21 heavy (non-hydrogen) atoms. The lowest BCUT2D eigenvalue weighted by Crippen LogP contribution is -2.36. The Hall–Kier alpha value is -1.55. The molecule has 2 fully saturated rings. The number of hydrogen-bond donors (Lipinski definition) is 1. The van der Waals surface area contributed by atoms with Crippen LogP contribution >= 0.6 is 0 Å². The first-order valence-electron chi connectivity index (χ1n) is 7.87. The predicted molar refractivity (Wildman–Crippen MR) is 80.3 cm³/mol. The minimum absolute atomic E-state index is 0.0505. The van der Waals surface area contributed by atoms with Crippen molar-refractivity contribution in [1.29, 1.82) is 0 Å². The number of carbonyl (C=O) groups excluding carboxylic acids is 1. The zero-order valence-corrected chi connectivity index (χ0v) is 12.3. The van der Waals surface area contributed by atoms with Gasteiger partial charge < -0.3 is 14.8 Å². The van der Waals surface area contributed by atoms with E-state index in [-0.39, 0.29) is 17.6 Å². The van der Waals surface area contributed by atoms with Crippen LogP contribution in [0.2, 0.25) is 0 Å². The summed E-state index contributed by atoms with van der Waals surface area (Å²) in [5.41, 5.74) is 0.0679. The quantitative estimate of drug-likeness (QED) is 0.906. The summed E-state index contributed by atoms with van der Waals surface area (Å²) in [7, 11) is 0. The summed E-state index contributed by atoms with van der Waals surface area (Å²) in [5, 5.41) is 3.07. The van der Waals surface area contributed by atoms with Crippen LogP contribution in [0, 0.1) is 0 Å². The van der Waals surface area contributed by atoms with E-state index < -0.39 is 0 Å². The monoisotopic (exact) mass is 289 g/mol. The smallest absolute Gasteiger partial charge is 0.223 e. The summed E-state index contributed by atoms with van der Waals surface area (Å²) in [6.07, 6.45) is 6.17. The molecular weight excluding hydrogens is 266 g/mol. The number of nitrogens with one attached hydrogen (secondary N) is 1. The van der Waals surface area contributed by atoms with Gasteiger partial charge in [-0.05, 0) is 31.4 Å². The second-order valence-corrected chi connectivity index (χ2v) is 6.08. The average molecular weight is 289 g/mol. The van der Waals surface area contributed by atoms with E-state index in [0.717, 1.165) is 25.0 Å². The van der Waals surface area contributed by atoms with Gasteiger partial charge in [-0.2, -0.15) is 0 Å². The van der Waals surface area contributed by atoms with Crippen molar-refractivity contribution in [1.82, 2.24) is 5.32 Å². The van der Waals surface area contributed by atoms with Crippen molar-refractivity contribution in [2.45, 2.75) is 50.2 Å². The maximum Gasteiger partial charge on any atom is 0.223 e. The standard InChI is InChI=1S/C17H23NO3/c19-16(8-11-20-15-6-2-1-3-7-15)18-14-12-17(21-13-14)9-4-5-10-17/h1-3,6-7,14H,4-5,8-13H2,(H,18,19)/t14-/m0/s1. The molecule has 1 aliphatic carbocycles. The van der Waals surface area contributed by atoms with Crippen LogP contribution in [0.25, 0.3) is 0 Å². The molecule has 0 aromatic heterocycles. The molecule has 1 amide bonds. The van der Waals surface area contributed by atoms with Crippen molar-refractivity contribution >= 4 is 5.91 Å². The second kappa shape index (κ2) is 6.48. The number of ether oxygens (including phenoxy) is 2. The Morgan fingerprint density at radius 2 is 2.05 bits per heavy atom. The van der Waals surface area contributed by atoms with Crippen LogP contribution in [-0.2, 0) is 9.53 Å². The molecule has 1 heterocycles. The van der Waals surface area contributed by atoms with Gasteiger partial charge in [0, 0.05) is 0 Å². The maximum atomic E-state index is 11.9. The Kier molecular flexibility index (Phi) is 4.44. The fourth-order valence-corrected chi connectivity index (χ4v) is 3.38. The third kappa shape index (κ3) is 3.76. The first-order valence-corrected chi connectivity index (χ1v) is 7.87. The highest BCUT2D eigenvalue weighted by molar-refractivity contribution is 5.76. The Labute approximate surface area is 125 Å². The largest absolute Gasteiger partial charge is 0.493 e. The van der Waals surface area contributed by atoms with Crippen molar-refractivity contribution in [2.24, 2.45) is 0 Å². The zero-order valence-electron chi connectivity index (χ0n) is 12.3. The van der Waals surface area contributed by atoms with Crippen LogP contribution in [0.1, 0.15) is 38.5 Å². The highest BCUT2D eigenvalue weighted by atomic mass is 16.5. The Morgan fingerprint density at radius 3 is 2.81 bits per heavy atom. The second-order valence-electron chi connectivity index (χ2n) is 6.08. The van der Waals surface area contributed by atoms with E-state index in [1.165, 1.54) is 12.8 Å². The Balaban J connectivity index is 1.37. The molecule has 114 valence electrons. The van der Waals surface area contributed by atoms with E-state index in [4.69, 9.17) is 9.47 Å². The van der Waals surface area contributed by atoms with Gasteiger partial charge in [0.15, 0.2) is 0 Å². The van der Waals surface area contributed by atoms with Crippen LogP contribution in [0.5, 0.6) is 5.75 Å². The molecule has 1 aliphatic heterocycles. The molecular formula is C17H23NO3. The lowest BCUT2D eigenvalue weighted by molar-refractivity contribution is -0.122. The minimum Gasteiger partial charge on any atom is -0.493 e. The van der Waals surface area contributed by atoms with Gasteiger partial charge in [-0.25, -0.2) is 0 Å². The third-order valence-corrected chi connectivity index (χ3v) is 4.43. The summed E-state index contributed by atoms with van der Waals surface area (Å²) < 4.78 is 11.5. The number of amides is 1. The molecule has 0 radical (unpaired) electrons. The van der Waals surface area contributed by atoms with Gasteiger partial charge in [-0.15, -0.1) is 0 Å². The van der Waals surface area contributed by atoms with E-state index in [1.807, 2.05) is 30.3 Å². The van der Waals surface area contributed by atoms with Crippen LogP contribution in [-0.4, -0.2) is 30.8 Å². The maximum absolute atomic E-state index is 11.9. The average Bonchev–Trinajstić information content (AvgIpc) is 3.11. The lowest BCUT2D eigenvalue weighted by Gasteiger charge is -2.21. The Bertz CT molecular complexity index is 468. The normalized spacial score (nSPS) is 23.3. The fraction of sp³-hybridized carbons (Fsp3) is 0.588. The van der Waals surface area contributed by atoms with Gasteiger partial charge >= 0.3 is 0 Å². The van der Waals surface area contributed by atoms with Gasteiger partial charge in [-0.3, -0.25) is 4.79 Å². The van der Waals surface area contributed by atoms with E-state index in [2.05, 4.69) is 5.32 Å². The number of benzene rings is 1. The Morgan fingerprint density at radius 1 is 1.29 bits per heavy atom. The van der Waals surface area contributed by atoms with Gasteiger partial charge in [0.05, 0.1) is 31.3 Å². The van der Waals surface area contributed by atoms with Gasteiger partial charge in [-0.1, -0.05) is 31.0 Å². The summed E-state index contributed by atoms with van der Waals surface area (Å²) in [5.74, 6) is 0.856. The number of para-hydroxylation sites is 1. The molecule has 2 aliphatic rings. The lowest BCUT2D eigenvalue weighted by atomic mass is 9.96. The number of hydrogen-bond acceptors (Lipinski definition) is 3. The number of carbonyl (C=O) groups is 1. The van der Waals surface area contributed by atoms with Gasteiger partial charge in [0.2, 0.25) is 5.91 Å². The van der Waals surface area contributed by atoms with Crippen molar-refractivity contribution in [3.63, 3.8) is 0 Å². The molecule has 4 heteroatoms. The van der Waals surface area contributed by atoms with Crippen LogP contribution < -0.4 is 10.1 Å². The summed E-state index contributed by atoms with van der Waals surface area (Å²) in [4.78, 5) is 11.9. The van der Waals surface area contributed by atoms with Crippen molar-refractivity contribution < 1.29 is 14.3 Å². The highest BCUT2D eigenvalue weighted by Gasteiger charge is 2.42. The SMILES string of the molecule is O=C(CCOc1ccccc1)N[C@@H]1COC2(CCCC2)C1. The van der Waals surface area contributed by atoms with Crippen LogP contribution in [0.4, 0.5) is 0 Å². The van der Waals surface area contributed by atoms with E-state index in [9.17, 15) is 4.79 Å². The molecule has 1 spiro atoms. The van der Waals surface area contributed by atoms with E-state index in [1.54, 1.807) is 0 Å². The van der Waals surface area contributed by atoms with Crippen LogP contribution in [0.3, 0.4) is 0 Å². The van der Waals surface area contributed by atoms with Crippen molar-refractivity contribution in [2.75, 3.05) is 13.2 Å². The molecule has 1 N–H and O–H groups in total. The zero-order chi connectivity index (χ0) is 14.5. The molecule has 1 saturated carbocycles. The first kappa shape index (κ1) is 14.4. The summed E-state index contributed by atoms with van der Waals surface area (Å²) in [6, 6.07) is 9.75. The first-order chi connectivity index (χ1) is 10.3. The van der Waals surface area contributed by atoms with Crippen LogP contribution in [0.15, 0.2) is 30.3 Å². The molecule has 3 rings (SSSR count). The molecule has 4 nitrogen and oxygen atoms in total. The van der Waals surface area contributed by atoms with E-state index in [0.29, 0.717) is 19.6 Å². The predicted octanol–water partition coefficient (Wildman–Crippen LogP) is 2.67. The number of rotatable bonds is 5. The summed E-state index contributed by atoms with van der Waals surface area (Å²) >= 11 is 0.